The summed E-state index contributed by atoms with van der Waals surface area (Å²) in [7, 11) is 0. The van der Waals surface area contributed by atoms with Crippen molar-refractivity contribution < 1.29 is 4.74 Å². The fraction of sp³-hybridized carbons (Fsp3) is 0.615. The molecule has 1 aromatic rings. The van der Waals surface area contributed by atoms with Crippen LogP contribution in [0.4, 0.5) is 5.82 Å². The van der Waals surface area contributed by atoms with E-state index in [1.807, 2.05) is 12.1 Å². The quantitative estimate of drug-likeness (QED) is 0.848. The molecule has 2 rings (SSSR count). The van der Waals surface area contributed by atoms with Crippen LogP contribution in [0.2, 0.25) is 0 Å². The summed E-state index contributed by atoms with van der Waals surface area (Å²) < 4.78 is 5.73. The molecule has 0 saturated heterocycles. The van der Waals surface area contributed by atoms with Gasteiger partial charge in [-0.2, -0.15) is 0 Å². The fourth-order valence-electron chi connectivity index (χ4n) is 2.28. The average Bonchev–Trinajstić information content (AvgIpc) is 2.30. The molecule has 1 heterocycles. The summed E-state index contributed by atoms with van der Waals surface area (Å²) in [5.74, 6) is 1.34. The van der Waals surface area contributed by atoms with E-state index in [0.29, 0.717) is 12.4 Å². The summed E-state index contributed by atoms with van der Waals surface area (Å²) in [6.07, 6.45) is 8.54. The van der Waals surface area contributed by atoms with Crippen molar-refractivity contribution in [2.45, 2.75) is 38.7 Å². The first-order chi connectivity index (χ1) is 7.84. The van der Waals surface area contributed by atoms with E-state index >= 15 is 0 Å². The average molecular weight is 220 g/mol. The maximum absolute atomic E-state index is 5.73. The molecular weight excluding hydrogens is 200 g/mol. The van der Waals surface area contributed by atoms with Gasteiger partial charge in [0.15, 0.2) is 0 Å². The van der Waals surface area contributed by atoms with Crippen molar-refractivity contribution in [1.82, 2.24) is 4.98 Å². The number of anilines is 1. The van der Waals surface area contributed by atoms with Crippen molar-refractivity contribution in [2.24, 2.45) is 5.92 Å². The minimum Gasteiger partial charge on any atom is -0.384 e. The number of rotatable bonds is 4. The molecule has 1 aromatic heterocycles. The number of hydrogen-bond acceptors (Lipinski definition) is 3. The normalized spacial score (nSPS) is 17.5. The second-order valence-corrected chi connectivity index (χ2v) is 4.61. The Morgan fingerprint density at radius 1 is 1.31 bits per heavy atom. The second-order valence-electron chi connectivity index (χ2n) is 4.61. The van der Waals surface area contributed by atoms with E-state index in [1.165, 1.54) is 32.1 Å². The summed E-state index contributed by atoms with van der Waals surface area (Å²) in [6.45, 7) is 1.55. The molecule has 2 N–H and O–H groups in total. The lowest BCUT2D eigenvalue weighted by Gasteiger charge is -2.21. The van der Waals surface area contributed by atoms with Gasteiger partial charge in [-0.1, -0.05) is 19.3 Å². The van der Waals surface area contributed by atoms with Gasteiger partial charge in [-0.25, -0.2) is 4.98 Å². The highest BCUT2D eigenvalue weighted by molar-refractivity contribution is 5.31. The van der Waals surface area contributed by atoms with Crippen LogP contribution in [0.3, 0.4) is 0 Å². The molecule has 0 spiro atoms. The standard InChI is InChI=1S/C13H20N2O/c14-13-8-12(6-7-15-13)10-16-9-11-4-2-1-3-5-11/h6-8,11H,1-5,9-10H2,(H2,14,15). The van der Waals surface area contributed by atoms with Gasteiger partial charge >= 0.3 is 0 Å². The van der Waals surface area contributed by atoms with Crippen LogP contribution in [0, 0.1) is 5.92 Å². The summed E-state index contributed by atoms with van der Waals surface area (Å²) in [5.41, 5.74) is 6.72. The molecule has 88 valence electrons. The molecule has 1 aliphatic carbocycles. The lowest BCUT2D eigenvalue weighted by Crippen LogP contribution is -2.13. The van der Waals surface area contributed by atoms with Gasteiger partial charge < -0.3 is 10.5 Å². The second kappa shape index (κ2) is 5.85. The smallest absolute Gasteiger partial charge is 0.123 e. The van der Waals surface area contributed by atoms with Crippen LogP contribution >= 0.6 is 0 Å². The Labute approximate surface area is 97.0 Å². The van der Waals surface area contributed by atoms with Gasteiger partial charge in [-0.3, -0.25) is 0 Å². The summed E-state index contributed by atoms with van der Waals surface area (Å²) in [5, 5.41) is 0. The van der Waals surface area contributed by atoms with Gasteiger partial charge in [0.05, 0.1) is 6.61 Å². The Balaban J connectivity index is 1.71. The van der Waals surface area contributed by atoms with Crippen LogP contribution in [-0.2, 0) is 11.3 Å². The van der Waals surface area contributed by atoms with Crippen molar-refractivity contribution in [3.05, 3.63) is 23.9 Å². The zero-order chi connectivity index (χ0) is 11.2. The predicted molar refractivity (Wildman–Crippen MR) is 64.9 cm³/mol. The van der Waals surface area contributed by atoms with Crippen molar-refractivity contribution >= 4 is 5.82 Å². The Morgan fingerprint density at radius 2 is 2.12 bits per heavy atom. The van der Waals surface area contributed by atoms with Gasteiger partial charge in [0.25, 0.3) is 0 Å². The molecule has 0 unspecified atom stereocenters. The highest BCUT2D eigenvalue weighted by Gasteiger charge is 2.13. The molecule has 0 radical (unpaired) electrons. The van der Waals surface area contributed by atoms with Crippen molar-refractivity contribution in [3.63, 3.8) is 0 Å². The van der Waals surface area contributed by atoms with Gasteiger partial charge in [0, 0.05) is 12.8 Å². The van der Waals surface area contributed by atoms with E-state index in [9.17, 15) is 0 Å². The third kappa shape index (κ3) is 3.49. The molecule has 1 saturated carbocycles. The SMILES string of the molecule is Nc1cc(COCC2CCCCC2)ccn1. The monoisotopic (exact) mass is 220 g/mol. The first-order valence-electron chi connectivity index (χ1n) is 6.13. The highest BCUT2D eigenvalue weighted by Crippen LogP contribution is 2.23. The minimum atomic E-state index is 0.568. The van der Waals surface area contributed by atoms with Gasteiger partial charge in [-0.05, 0) is 36.5 Å². The third-order valence-corrected chi connectivity index (χ3v) is 3.19. The van der Waals surface area contributed by atoms with Crippen molar-refractivity contribution in [3.8, 4) is 0 Å². The van der Waals surface area contributed by atoms with Crippen LogP contribution in [0.25, 0.3) is 0 Å². The molecule has 0 amide bonds. The van der Waals surface area contributed by atoms with Crippen LogP contribution < -0.4 is 5.73 Å². The van der Waals surface area contributed by atoms with Crippen molar-refractivity contribution in [2.75, 3.05) is 12.3 Å². The number of nitrogens with two attached hydrogens (primary N) is 1. The number of pyridine rings is 1. The van der Waals surface area contributed by atoms with E-state index in [0.717, 1.165) is 18.1 Å². The van der Waals surface area contributed by atoms with Crippen LogP contribution in [0.1, 0.15) is 37.7 Å². The van der Waals surface area contributed by atoms with E-state index < -0.39 is 0 Å². The van der Waals surface area contributed by atoms with E-state index in [2.05, 4.69) is 4.98 Å². The van der Waals surface area contributed by atoms with E-state index in [4.69, 9.17) is 10.5 Å². The lowest BCUT2D eigenvalue weighted by atomic mass is 9.90. The molecule has 0 aliphatic heterocycles. The van der Waals surface area contributed by atoms with Crippen LogP contribution in [0.15, 0.2) is 18.3 Å². The Bertz CT molecular complexity index is 321. The molecule has 1 aliphatic rings. The topological polar surface area (TPSA) is 48.1 Å². The predicted octanol–water partition coefficient (Wildman–Crippen LogP) is 2.76. The third-order valence-electron chi connectivity index (χ3n) is 3.19. The van der Waals surface area contributed by atoms with Crippen molar-refractivity contribution in [1.29, 1.82) is 0 Å². The Kier molecular flexibility index (Phi) is 4.17. The zero-order valence-corrected chi connectivity index (χ0v) is 9.69. The minimum absolute atomic E-state index is 0.568. The summed E-state index contributed by atoms with van der Waals surface area (Å²) in [4.78, 5) is 3.96. The van der Waals surface area contributed by atoms with Crippen LogP contribution in [0.5, 0.6) is 0 Å². The van der Waals surface area contributed by atoms with E-state index in [-0.39, 0.29) is 0 Å². The largest absolute Gasteiger partial charge is 0.384 e. The number of nitrogens with zero attached hydrogens (tertiary/aromatic N) is 1. The highest BCUT2D eigenvalue weighted by atomic mass is 16.5. The molecular formula is C13H20N2O. The van der Waals surface area contributed by atoms with Crippen LogP contribution in [-0.4, -0.2) is 11.6 Å². The molecule has 0 bridgehead atoms. The number of ether oxygens (including phenoxy) is 1. The summed E-state index contributed by atoms with van der Waals surface area (Å²) in [6, 6.07) is 3.83. The fourth-order valence-corrected chi connectivity index (χ4v) is 2.28. The molecule has 0 atom stereocenters. The summed E-state index contributed by atoms with van der Waals surface area (Å²) >= 11 is 0. The molecule has 3 nitrogen and oxygen atoms in total. The molecule has 3 heteroatoms. The maximum Gasteiger partial charge on any atom is 0.123 e. The van der Waals surface area contributed by atoms with E-state index in [1.54, 1.807) is 6.20 Å². The molecule has 1 fully saturated rings. The molecule has 16 heavy (non-hydrogen) atoms. The first kappa shape index (κ1) is 11.4. The zero-order valence-electron chi connectivity index (χ0n) is 9.69. The molecule has 0 aromatic carbocycles. The van der Waals surface area contributed by atoms with Gasteiger partial charge in [0.1, 0.15) is 5.82 Å². The lowest BCUT2D eigenvalue weighted by molar-refractivity contribution is 0.0739. The van der Waals surface area contributed by atoms with Gasteiger partial charge in [-0.15, -0.1) is 0 Å². The number of hydrogen-bond donors (Lipinski definition) is 1. The first-order valence-corrected chi connectivity index (χ1v) is 6.13. The van der Waals surface area contributed by atoms with Gasteiger partial charge in [0.2, 0.25) is 0 Å². The number of aromatic nitrogens is 1. The maximum atomic E-state index is 5.73. The Hall–Kier alpha value is -1.09. The number of nitrogen functional groups attached to an aromatic ring is 1. The Morgan fingerprint density at radius 3 is 2.88 bits per heavy atom.